The third-order valence-electron chi connectivity index (χ3n) is 3.21. The van der Waals surface area contributed by atoms with Crippen molar-refractivity contribution in [2.45, 2.75) is 17.7 Å². The molecule has 2 aromatic rings. The first-order valence-electron chi connectivity index (χ1n) is 6.64. The molecule has 0 aliphatic heterocycles. The van der Waals surface area contributed by atoms with Crippen LogP contribution in [0.4, 0.5) is 0 Å². The van der Waals surface area contributed by atoms with Gasteiger partial charge in [-0.25, -0.2) is 0 Å². The molecule has 0 aliphatic carbocycles. The first-order valence-corrected chi connectivity index (χ1v) is 7.87. The molecule has 0 radical (unpaired) electrons. The second kappa shape index (κ2) is 7.18. The smallest absolute Gasteiger partial charge is 0.312 e. The summed E-state index contributed by atoms with van der Waals surface area (Å²) in [7, 11) is 1.40. The van der Waals surface area contributed by atoms with Crippen molar-refractivity contribution >= 4 is 17.7 Å². The van der Waals surface area contributed by atoms with Gasteiger partial charge in [-0.2, -0.15) is 0 Å². The quantitative estimate of drug-likeness (QED) is 0.602. The van der Waals surface area contributed by atoms with Crippen LogP contribution in [0.2, 0.25) is 0 Å². The van der Waals surface area contributed by atoms with E-state index in [-0.39, 0.29) is 11.9 Å². The molecule has 0 N–H and O–H groups in total. The van der Waals surface area contributed by atoms with Crippen molar-refractivity contribution in [2.24, 2.45) is 0 Å². The van der Waals surface area contributed by atoms with Gasteiger partial charge in [0.15, 0.2) is 0 Å². The molecule has 0 bridgehead atoms. The maximum absolute atomic E-state index is 11.7. The fourth-order valence-electron chi connectivity index (χ4n) is 1.97. The van der Waals surface area contributed by atoms with Gasteiger partial charge >= 0.3 is 5.97 Å². The Hall–Kier alpha value is -1.94. The van der Waals surface area contributed by atoms with Gasteiger partial charge in [0, 0.05) is 4.90 Å². The maximum atomic E-state index is 11.7. The molecule has 0 spiro atoms. The normalized spacial score (nSPS) is 11.8. The first-order chi connectivity index (χ1) is 10.2. The van der Waals surface area contributed by atoms with Gasteiger partial charge in [0.1, 0.15) is 11.5 Å². The first kappa shape index (κ1) is 15.4. The number of para-hydroxylation sites is 1. The van der Waals surface area contributed by atoms with Gasteiger partial charge in [0.05, 0.1) is 13.0 Å². The second-order valence-electron chi connectivity index (χ2n) is 4.57. The number of hydrogen-bond donors (Lipinski definition) is 0. The Balaban J connectivity index is 2.32. The van der Waals surface area contributed by atoms with Gasteiger partial charge in [0.2, 0.25) is 0 Å². The van der Waals surface area contributed by atoms with Crippen molar-refractivity contribution in [3.05, 3.63) is 54.1 Å². The predicted octanol–water partition coefficient (Wildman–Crippen LogP) is 4.48. The molecule has 0 saturated carbocycles. The van der Waals surface area contributed by atoms with Crippen LogP contribution < -0.4 is 4.74 Å². The number of benzene rings is 2. The Kier molecular flexibility index (Phi) is 5.28. The van der Waals surface area contributed by atoms with Crippen molar-refractivity contribution in [3.63, 3.8) is 0 Å². The van der Waals surface area contributed by atoms with E-state index in [0.717, 1.165) is 22.0 Å². The standard InChI is InChI=1S/C17H18O3S/c1-12(17(18)19-2)13-9-10-16(21-3)15(11-13)20-14-7-5-4-6-8-14/h4-12H,1-3H3. The Labute approximate surface area is 129 Å². The Morgan fingerprint density at radius 2 is 1.86 bits per heavy atom. The van der Waals surface area contributed by atoms with Crippen LogP contribution in [0.1, 0.15) is 18.4 Å². The molecule has 4 heteroatoms. The van der Waals surface area contributed by atoms with Gasteiger partial charge in [-0.3, -0.25) is 4.79 Å². The largest absolute Gasteiger partial charge is 0.469 e. The second-order valence-corrected chi connectivity index (χ2v) is 5.42. The summed E-state index contributed by atoms with van der Waals surface area (Å²) in [4.78, 5) is 12.7. The highest BCUT2D eigenvalue weighted by atomic mass is 32.2. The Bertz CT molecular complexity index is 611. The third kappa shape index (κ3) is 3.79. The number of thioether (sulfide) groups is 1. The van der Waals surface area contributed by atoms with Gasteiger partial charge in [-0.05, 0) is 43.0 Å². The van der Waals surface area contributed by atoms with Gasteiger partial charge < -0.3 is 9.47 Å². The van der Waals surface area contributed by atoms with E-state index in [9.17, 15) is 4.79 Å². The number of methoxy groups -OCH3 is 1. The van der Waals surface area contributed by atoms with Crippen molar-refractivity contribution in [1.29, 1.82) is 0 Å². The molecule has 1 unspecified atom stereocenters. The summed E-state index contributed by atoms with van der Waals surface area (Å²) < 4.78 is 10.7. The lowest BCUT2D eigenvalue weighted by molar-refractivity contribution is -0.141. The SMILES string of the molecule is COC(=O)C(C)c1ccc(SC)c(Oc2ccccc2)c1. The molecule has 0 heterocycles. The minimum Gasteiger partial charge on any atom is -0.469 e. The third-order valence-corrected chi connectivity index (χ3v) is 3.99. The molecule has 2 rings (SSSR count). The van der Waals surface area contributed by atoms with Crippen molar-refractivity contribution in [3.8, 4) is 11.5 Å². The van der Waals surface area contributed by atoms with Crippen LogP contribution in [-0.2, 0) is 9.53 Å². The van der Waals surface area contributed by atoms with E-state index in [0.29, 0.717) is 0 Å². The fraction of sp³-hybridized carbons (Fsp3) is 0.235. The van der Waals surface area contributed by atoms with Crippen LogP contribution in [0.15, 0.2) is 53.4 Å². The summed E-state index contributed by atoms with van der Waals surface area (Å²) >= 11 is 1.61. The van der Waals surface area contributed by atoms with E-state index in [4.69, 9.17) is 9.47 Å². The topological polar surface area (TPSA) is 35.5 Å². The zero-order chi connectivity index (χ0) is 15.2. The molecular formula is C17H18O3S. The fourth-order valence-corrected chi connectivity index (χ4v) is 2.48. The summed E-state index contributed by atoms with van der Waals surface area (Å²) in [6, 6.07) is 15.4. The summed E-state index contributed by atoms with van der Waals surface area (Å²) in [6.07, 6.45) is 2.00. The zero-order valence-corrected chi connectivity index (χ0v) is 13.1. The summed E-state index contributed by atoms with van der Waals surface area (Å²) in [5, 5.41) is 0. The number of carbonyl (C=O) groups is 1. The molecule has 2 aromatic carbocycles. The number of rotatable bonds is 5. The molecule has 3 nitrogen and oxygen atoms in total. The lowest BCUT2D eigenvalue weighted by Crippen LogP contribution is -2.10. The van der Waals surface area contributed by atoms with Crippen molar-refractivity contribution in [2.75, 3.05) is 13.4 Å². The molecule has 0 fully saturated rings. The number of esters is 1. The number of ether oxygens (including phenoxy) is 2. The van der Waals surface area contributed by atoms with E-state index in [1.54, 1.807) is 11.8 Å². The molecule has 21 heavy (non-hydrogen) atoms. The molecule has 0 amide bonds. The van der Waals surface area contributed by atoms with E-state index >= 15 is 0 Å². The van der Waals surface area contributed by atoms with Crippen molar-refractivity contribution in [1.82, 2.24) is 0 Å². The lowest BCUT2D eigenvalue weighted by Gasteiger charge is -2.14. The highest BCUT2D eigenvalue weighted by Crippen LogP contribution is 2.34. The highest BCUT2D eigenvalue weighted by Gasteiger charge is 2.17. The molecule has 0 aliphatic rings. The number of hydrogen-bond acceptors (Lipinski definition) is 4. The Morgan fingerprint density at radius 1 is 1.14 bits per heavy atom. The van der Waals surface area contributed by atoms with Crippen LogP contribution in [0.5, 0.6) is 11.5 Å². The molecule has 0 aromatic heterocycles. The van der Waals surface area contributed by atoms with Crippen LogP contribution in [0.3, 0.4) is 0 Å². The molecule has 1 atom stereocenters. The minimum atomic E-state index is -0.316. The average molecular weight is 302 g/mol. The maximum Gasteiger partial charge on any atom is 0.312 e. The van der Waals surface area contributed by atoms with Crippen molar-refractivity contribution < 1.29 is 14.3 Å². The van der Waals surface area contributed by atoms with Gasteiger partial charge in [-0.1, -0.05) is 24.3 Å². The summed E-state index contributed by atoms with van der Waals surface area (Å²) in [6.45, 7) is 1.83. The lowest BCUT2D eigenvalue weighted by atomic mass is 10.0. The Morgan fingerprint density at radius 3 is 2.48 bits per heavy atom. The highest BCUT2D eigenvalue weighted by molar-refractivity contribution is 7.98. The van der Waals surface area contributed by atoms with E-state index in [1.165, 1.54) is 7.11 Å². The summed E-state index contributed by atoms with van der Waals surface area (Å²) in [5.74, 6) is 0.958. The van der Waals surface area contributed by atoms with Crippen LogP contribution >= 0.6 is 11.8 Å². The van der Waals surface area contributed by atoms with Gasteiger partial charge in [-0.15, -0.1) is 11.8 Å². The number of carbonyl (C=O) groups excluding carboxylic acids is 1. The molecule has 0 saturated heterocycles. The molecule has 110 valence electrons. The van der Waals surface area contributed by atoms with E-state index in [2.05, 4.69) is 0 Å². The molecular weight excluding hydrogens is 284 g/mol. The van der Waals surface area contributed by atoms with Crippen LogP contribution in [0, 0.1) is 0 Å². The summed E-state index contributed by atoms with van der Waals surface area (Å²) in [5.41, 5.74) is 0.880. The van der Waals surface area contributed by atoms with E-state index < -0.39 is 0 Å². The van der Waals surface area contributed by atoms with Crippen LogP contribution in [-0.4, -0.2) is 19.3 Å². The monoisotopic (exact) mass is 302 g/mol. The van der Waals surface area contributed by atoms with Crippen LogP contribution in [0.25, 0.3) is 0 Å². The predicted molar refractivity (Wildman–Crippen MR) is 85.2 cm³/mol. The zero-order valence-electron chi connectivity index (χ0n) is 12.3. The average Bonchev–Trinajstić information content (AvgIpc) is 2.54. The van der Waals surface area contributed by atoms with Gasteiger partial charge in [0.25, 0.3) is 0 Å². The minimum absolute atomic E-state index is 0.252. The van der Waals surface area contributed by atoms with E-state index in [1.807, 2.05) is 61.7 Å².